The molecule has 0 aromatic heterocycles. The number of aromatic hydroxyl groups is 1. The molecule has 0 atom stereocenters. The van der Waals surface area contributed by atoms with Gasteiger partial charge in [-0.05, 0) is 42.3 Å². The second-order valence-corrected chi connectivity index (χ2v) is 5.05. The molecule has 0 unspecified atom stereocenters. The summed E-state index contributed by atoms with van der Waals surface area (Å²) < 4.78 is 0. The van der Waals surface area contributed by atoms with Crippen LogP contribution < -0.4 is 0 Å². The van der Waals surface area contributed by atoms with Crippen LogP contribution in [0, 0.1) is 12.3 Å². The Hall–Kier alpha value is -3.12. The maximum atomic E-state index is 12.4. The van der Waals surface area contributed by atoms with E-state index in [2.05, 4.69) is 5.92 Å². The van der Waals surface area contributed by atoms with Crippen LogP contribution in [0.1, 0.15) is 31.8 Å². The number of carbonyl (C=O) groups is 2. The number of benzene rings is 2. The van der Waals surface area contributed by atoms with Gasteiger partial charge in [-0.1, -0.05) is 24.1 Å². The minimum atomic E-state index is -0.294. The summed E-state index contributed by atoms with van der Waals surface area (Å²) >= 11 is 0. The number of allylic oxidation sites excluding steroid dienone is 2. The minimum Gasteiger partial charge on any atom is -0.508 e. The van der Waals surface area contributed by atoms with Crippen LogP contribution in [0.15, 0.2) is 54.1 Å². The SMILES string of the molecule is C#Cc1ccc2c(c1)C(=O)/C(=C/Cc1cccc(O)c1)C2=O. The Morgan fingerprint density at radius 1 is 1.05 bits per heavy atom. The lowest BCUT2D eigenvalue weighted by atomic mass is 10.1. The van der Waals surface area contributed by atoms with Gasteiger partial charge in [0, 0.05) is 16.7 Å². The number of phenolic OH excluding ortho intramolecular Hbond substituents is 1. The van der Waals surface area contributed by atoms with Crippen molar-refractivity contribution in [2.75, 3.05) is 0 Å². The number of phenols is 1. The lowest BCUT2D eigenvalue weighted by molar-refractivity contribution is 0.0988. The highest BCUT2D eigenvalue weighted by molar-refractivity contribution is 6.39. The summed E-state index contributed by atoms with van der Waals surface area (Å²) in [5.41, 5.74) is 2.32. The highest BCUT2D eigenvalue weighted by Crippen LogP contribution is 2.27. The zero-order valence-corrected chi connectivity index (χ0v) is 11.7. The van der Waals surface area contributed by atoms with Crippen molar-refractivity contribution in [3.8, 4) is 18.1 Å². The fourth-order valence-electron chi connectivity index (χ4n) is 2.50. The molecule has 2 aromatic rings. The molecule has 3 heteroatoms. The van der Waals surface area contributed by atoms with Crippen LogP contribution in [0.4, 0.5) is 0 Å². The van der Waals surface area contributed by atoms with E-state index < -0.39 is 0 Å². The third-order valence-electron chi connectivity index (χ3n) is 3.62. The number of rotatable bonds is 2. The van der Waals surface area contributed by atoms with Crippen molar-refractivity contribution in [2.24, 2.45) is 0 Å². The molecule has 0 heterocycles. The molecule has 0 fully saturated rings. The van der Waals surface area contributed by atoms with Crippen molar-refractivity contribution >= 4 is 11.6 Å². The molecule has 1 N–H and O–H groups in total. The van der Waals surface area contributed by atoms with Crippen molar-refractivity contribution in [2.45, 2.75) is 6.42 Å². The minimum absolute atomic E-state index is 0.155. The average Bonchev–Trinajstić information content (AvgIpc) is 2.76. The van der Waals surface area contributed by atoms with E-state index in [4.69, 9.17) is 6.42 Å². The van der Waals surface area contributed by atoms with Gasteiger partial charge in [-0.25, -0.2) is 0 Å². The first-order valence-corrected chi connectivity index (χ1v) is 6.78. The lowest BCUT2D eigenvalue weighted by Crippen LogP contribution is -2.01. The highest BCUT2D eigenvalue weighted by Gasteiger charge is 2.32. The molecule has 106 valence electrons. The second-order valence-electron chi connectivity index (χ2n) is 5.05. The highest BCUT2D eigenvalue weighted by atomic mass is 16.3. The van der Waals surface area contributed by atoms with Crippen LogP contribution in [-0.4, -0.2) is 16.7 Å². The van der Waals surface area contributed by atoms with Crippen LogP contribution in [0.2, 0.25) is 0 Å². The van der Waals surface area contributed by atoms with Crippen LogP contribution >= 0.6 is 0 Å². The standard InChI is InChI=1S/C19H12O3/c1-2-12-6-8-15-17(11-12)19(22)16(18(15)21)9-7-13-4-3-5-14(20)10-13/h1,3-6,8-11,20H,7H2/b16-9+. The Bertz CT molecular complexity index is 866. The van der Waals surface area contributed by atoms with E-state index in [0.717, 1.165) is 5.56 Å². The van der Waals surface area contributed by atoms with Gasteiger partial charge in [0.15, 0.2) is 11.6 Å². The van der Waals surface area contributed by atoms with Crippen LogP contribution in [0.3, 0.4) is 0 Å². The van der Waals surface area contributed by atoms with Gasteiger partial charge in [0.25, 0.3) is 0 Å². The number of carbonyl (C=O) groups excluding carboxylic acids is 2. The first-order chi connectivity index (χ1) is 10.6. The largest absolute Gasteiger partial charge is 0.508 e. The predicted octanol–water partition coefficient (Wildman–Crippen LogP) is 2.92. The van der Waals surface area contributed by atoms with Gasteiger partial charge in [-0.2, -0.15) is 0 Å². The first kappa shape index (κ1) is 13.8. The normalized spacial score (nSPS) is 15.0. The van der Waals surface area contributed by atoms with Crippen molar-refractivity contribution in [3.63, 3.8) is 0 Å². The zero-order valence-electron chi connectivity index (χ0n) is 11.7. The maximum Gasteiger partial charge on any atom is 0.197 e. The number of hydrogen-bond acceptors (Lipinski definition) is 3. The summed E-state index contributed by atoms with van der Waals surface area (Å²) in [5.74, 6) is 2.05. The van der Waals surface area contributed by atoms with E-state index >= 15 is 0 Å². The summed E-state index contributed by atoms with van der Waals surface area (Å²) in [6.07, 6.45) is 7.33. The van der Waals surface area contributed by atoms with Gasteiger partial charge in [0.2, 0.25) is 0 Å². The van der Waals surface area contributed by atoms with Gasteiger partial charge < -0.3 is 5.11 Å². The van der Waals surface area contributed by atoms with E-state index in [9.17, 15) is 14.7 Å². The number of ketones is 2. The van der Waals surface area contributed by atoms with Crippen LogP contribution in [0.25, 0.3) is 0 Å². The molecule has 0 bridgehead atoms. The third-order valence-corrected chi connectivity index (χ3v) is 3.62. The molecule has 3 nitrogen and oxygen atoms in total. The molecule has 0 aliphatic heterocycles. The molecular formula is C19H12O3. The zero-order chi connectivity index (χ0) is 15.7. The second kappa shape index (κ2) is 5.34. The van der Waals surface area contributed by atoms with Crippen LogP contribution in [0.5, 0.6) is 5.75 Å². The van der Waals surface area contributed by atoms with Gasteiger partial charge in [-0.15, -0.1) is 6.42 Å². The van der Waals surface area contributed by atoms with E-state index in [1.807, 2.05) is 6.07 Å². The molecule has 22 heavy (non-hydrogen) atoms. The molecule has 0 spiro atoms. The maximum absolute atomic E-state index is 12.4. The molecule has 1 aliphatic carbocycles. The fraction of sp³-hybridized carbons (Fsp3) is 0.0526. The number of Topliss-reactive ketones (excluding diaryl/α,β-unsaturated/α-hetero) is 2. The Kier molecular flexibility index (Phi) is 3.36. The Labute approximate surface area is 127 Å². The smallest absolute Gasteiger partial charge is 0.197 e. The van der Waals surface area contributed by atoms with Gasteiger partial charge in [0.05, 0.1) is 5.57 Å². The van der Waals surface area contributed by atoms with Crippen molar-refractivity contribution < 1.29 is 14.7 Å². The number of fused-ring (bicyclic) bond motifs is 1. The predicted molar refractivity (Wildman–Crippen MR) is 82.9 cm³/mol. The molecule has 0 amide bonds. The summed E-state index contributed by atoms with van der Waals surface area (Å²) in [6, 6.07) is 11.5. The molecule has 0 saturated heterocycles. The van der Waals surface area contributed by atoms with Gasteiger partial charge in [0.1, 0.15) is 5.75 Å². The lowest BCUT2D eigenvalue weighted by Gasteiger charge is -1.98. The third kappa shape index (κ3) is 2.32. The van der Waals surface area contributed by atoms with Crippen LogP contribution in [-0.2, 0) is 6.42 Å². The summed E-state index contributed by atoms with van der Waals surface area (Å²) in [5, 5.41) is 9.44. The van der Waals surface area contributed by atoms with E-state index in [-0.39, 0.29) is 22.9 Å². The number of hydrogen-bond donors (Lipinski definition) is 1. The Balaban J connectivity index is 1.93. The average molecular weight is 288 g/mol. The van der Waals surface area contributed by atoms with E-state index in [0.29, 0.717) is 23.1 Å². The van der Waals surface area contributed by atoms with Gasteiger partial charge >= 0.3 is 0 Å². The molecular weight excluding hydrogens is 276 g/mol. The molecule has 1 aliphatic rings. The van der Waals surface area contributed by atoms with E-state index in [1.54, 1.807) is 42.5 Å². The Morgan fingerprint density at radius 3 is 2.55 bits per heavy atom. The van der Waals surface area contributed by atoms with Crippen molar-refractivity contribution in [1.82, 2.24) is 0 Å². The molecule has 3 rings (SSSR count). The molecule has 0 saturated carbocycles. The van der Waals surface area contributed by atoms with E-state index in [1.165, 1.54) is 0 Å². The molecule has 2 aromatic carbocycles. The fourth-order valence-corrected chi connectivity index (χ4v) is 2.50. The topological polar surface area (TPSA) is 54.4 Å². The summed E-state index contributed by atoms with van der Waals surface area (Å²) in [7, 11) is 0. The quantitative estimate of drug-likeness (QED) is 0.525. The Morgan fingerprint density at radius 2 is 1.82 bits per heavy atom. The van der Waals surface area contributed by atoms with Crippen molar-refractivity contribution in [3.05, 3.63) is 76.4 Å². The molecule has 0 radical (unpaired) electrons. The number of terminal acetylenes is 1. The van der Waals surface area contributed by atoms with Crippen molar-refractivity contribution in [1.29, 1.82) is 0 Å². The summed E-state index contributed by atoms with van der Waals surface area (Å²) in [6.45, 7) is 0. The first-order valence-electron chi connectivity index (χ1n) is 6.78. The summed E-state index contributed by atoms with van der Waals surface area (Å²) in [4.78, 5) is 24.7. The van der Waals surface area contributed by atoms with Gasteiger partial charge in [-0.3, -0.25) is 9.59 Å². The monoisotopic (exact) mass is 288 g/mol.